The van der Waals surface area contributed by atoms with Gasteiger partial charge in [0.25, 0.3) is 0 Å². The summed E-state index contributed by atoms with van der Waals surface area (Å²) in [6.07, 6.45) is 0. The average Bonchev–Trinajstić information content (AvgIpc) is 3.28. The summed E-state index contributed by atoms with van der Waals surface area (Å²) in [5.74, 6) is 2.47. The fourth-order valence-corrected chi connectivity index (χ4v) is 5.35. The molecule has 0 aromatic heterocycles. The summed E-state index contributed by atoms with van der Waals surface area (Å²) in [7, 11) is 0. The number of anilines is 1. The quantitative estimate of drug-likeness (QED) is 0.583. The molecule has 0 amide bonds. The molecule has 1 fully saturated rings. The molecule has 0 bridgehead atoms. The van der Waals surface area contributed by atoms with Crippen LogP contribution in [0.2, 0.25) is 0 Å². The Hall–Kier alpha value is -3.29. The van der Waals surface area contributed by atoms with Gasteiger partial charge in [-0.1, -0.05) is 24.3 Å². The highest BCUT2D eigenvalue weighted by Gasteiger charge is 2.44. The Bertz CT molecular complexity index is 1190. The molecule has 34 heavy (non-hydrogen) atoms. The standard InChI is InChI=1S/C27H28FN3O3/c1-2-32-20-8-6-18(7-9-20)26-22-16-31(15-17-4-3-5-19(28)12-17)23-14-25-24(33-10-11-34-25)13-21(23)27(22)30-29-26/h3-9,12-14,22,26-27,29-30H,2,10-11,15-16H2,1H3. The molecule has 2 N–H and O–H groups in total. The molecule has 6 nitrogen and oxygen atoms in total. The second kappa shape index (κ2) is 8.81. The van der Waals surface area contributed by atoms with E-state index in [-0.39, 0.29) is 23.8 Å². The van der Waals surface area contributed by atoms with Gasteiger partial charge in [-0.05, 0) is 53.9 Å². The predicted octanol–water partition coefficient (Wildman–Crippen LogP) is 4.52. The summed E-state index contributed by atoms with van der Waals surface area (Å²) in [5, 5.41) is 0. The lowest BCUT2D eigenvalue weighted by Gasteiger charge is -2.40. The Labute approximate surface area is 198 Å². The van der Waals surface area contributed by atoms with Gasteiger partial charge >= 0.3 is 0 Å². The van der Waals surface area contributed by atoms with Crippen LogP contribution in [0.1, 0.15) is 35.7 Å². The summed E-state index contributed by atoms with van der Waals surface area (Å²) in [6, 6.07) is 19.6. The first kappa shape index (κ1) is 21.3. The van der Waals surface area contributed by atoms with Crippen LogP contribution in [0, 0.1) is 11.7 Å². The van der Waals surface area contributed by atoms with Crippen molar-refractivity contribution in [2.75, 3.05) is 31.3 Å². The first-order valence-corrected chi connectivity index (χ1v) is 11.9. The van der Waals surface area contributed by atoms with Crippen LogP contribution in [0.25, 0.3) is 0 Å². The van der Waals surface area contributed by atoms with Gasteiger partial charge in [-0.3, -0.25) is 0 Å². The van der Waals surface area contributed by atoms with E-state index < -0.39 is 0 Å². The number of rotatable bonds is 5. The Morgan fingerprint density at radius 1 is 0.971 bits per heavy atom. The number of nitrogens with zero attached hydrogens (tertiary/aromatic N) is 1. The molecule has 3 heterocycles. The van der Waals surface area contributed by atoms with Crippen LogP contribution < -0.4 is 30.0 Å². The largest absolute Gasteiger partial charge is 0.494 e. The van der Waals surface area contributed by atoms with E-state index in [2.05, 4.69) is 40.0 Å². The highest BCUT2D eigenvalue weighted by atomic mass is 19.1. The first-order chi connectivity index (χ1) is 16.7. The third-order valence-corrected chi connectivity index (χ3v) is 6.86. The molecule has 0 spiro atoms. The molecule has 3 unspecified atom stereocenters. The summed E-state index contributed by atoms with van der Waals surface area (Å²) in [6.45, 7) is 5.15. The molecule has 3 aromatic rings. The fourth-order valence-electron chi connectivity index (χ4n) is 5.35. The number of hydrazine groups is 1. The van der Waals surface area contributed by atoms with Crippen LogP contribution in [-0.2, 0) is 6.54 Å². The Balaban J connectivity index is 1.37. The van der Waals surface area contributed by atoms with E-state index in [0.717, 1.165) is 40.6 Å². The van der Waals surface area contributed by atoms with Crippen molar-refractivity contribution in [3.05, 3.63) is 83.2 Å². The molecule has 3 atom stereocenters. The topological polar surface area (TPSA) is 55.0 Å². The smallest absolute Gasteiger partial charge is 0.163 e. The van der Waals surface area contributed by atoms with Crippen molar-refractivity contribution < 1.29 is 18.6 Å². The van der Waals surface area contributed by atoms with E-state index in [4.69, 9.17) is 14.2 Å². The van der Waals surface area contributed by atoms with Gasteiger partial charge < -0.3 is 19.1 Å². The molecule has 176 valence electrons. The van der Waals surface area contributed by atoms with Crippen molar-refractivity contribution >= 4 is 5.69 Å². The summed E-state index contributed by atoms with van der Waals surface area (Å²) < 4.78 is 31.3. The molecule has 0 aliphatic carbocycles. The lowest BCUT2D eigenvalue weighted by atomic mass is 9.81. The van der Waals surface area contributed by atoms with Gasteiger partial charge in [0.05, 0.1) is 18.7 Å². The molecule has 7 heteroatoms. The minimum Gasteiger partial charge on any atom is -0.494 e. The van der Waals surface area contributed by atoms with Gasteiger partial charge in [-0.25, -0.2) is 15.2 Å². The van der Waals surface area contributed by atoms with E-state index in [0.29, 0.717) is 26.4 Å². The van der Waals surface area contributed by atoms with Crippen molar-refractivity contribution in [1.82, 2.24) is 10.9 Å². The van der Waals surface area contributed by atoms with Crippen LogP contribution >= 0.6 is 0 Å². The maximum absolute atomic E-state index is 13.9. The monoisotopic (exact) mass is 461 g/mol. The van der Waals surface area contributed by atoms with Gasteiger partial charge in [-0.2, -0.15) is 0 Å². The molecule has 6 rings (SSSR count). The lowest BCUT2D eigenvalue weighted by Crippen LogP contribution is -2.39. The zero-order valence-electron chi connectivity index (χ0n) is 19.1. The van der Waals surface area contributed by atoms with E-state index in [1.54, 1.807) is 12.1 Å². The zero-order valence-corrected chi connectivity index (χ0v) is 19.1. The van der Waals surface area contributed by atoms with Crippen molar-refractivity contribution in [3.8, 4) is 17.2 Å². The van der Waals surface area contributed by atoms with Gasteiger partial charge in [0.15, 0.2) is 11.5 Å². The van der Waals surface area contributed by atoms with Crippen molar-refractivity contribution in [3.63, 3.8) is 0 Å². The molecular formula is C27H28FN3O3. The van der Waals surface area contributed by atoms with Gasteiger partial charge in [0, 0.05) is 30.8 Å². The minimum absolute atomic E-state index is 0.117. The highest BCUT2D eigenvalue weighted by molar-refractivity contribution is 5.65. The number of ether oxygens (including phenoxy) is 3. The van der Waals surface area contributed by atoms with Gasteiger partial charge in [0.2, 0.25) is 0 Å². The van der Waals surface area contributed by atoms with Crippen LogP contribution in [-0.4, -0.2) is 26.4 Å². The van der Waals surface area contributed by atoms with Gasteiger partial charge in [0.1, 0.15) is 24.8 Å². The molecule has 0 saturated carbocycles. The molecule has 0 radical (unpaired) electrons. The molecular weight excluding hydrogens is 433 g/mol. The molecule has 3 aromatic carbocycles. The number of nitrogens with one attached hydrogen (secondary N) is 2. The molecule has 3 aliphatic rings. The summed E-state index contributed by atoms with van der Waals surface area (Å²) in [5.41, 5.74) is 11.5. The predicted molar refractivity (Wildman–Crippen MR) is 128 cm³/mol. The van der Waals surface area contributed by atoms with E-state index in [1.807, 2.05) is 25.1 Å². The van der Waals surface area contributed by atoms with Crippen LogP contribution in [0.3, 0.4) is 0 Å². The summed E-state index contributed by atoms with van der Waals surface area (Å²) >= 11 is 0. The number of fused-ring (bicyclic) bond motifs is 4. The Morgan fingerprint density at radius 3 is 2.50 bits per heavy atom. The van der Waals surface area contributed by atoms with E-state index in [1.165, 1.54) is 11.6 Å². The second-order valence-corrected chi connectivity index (χ2v) is 8.98. The maximum atomic E-state index is 13.9. The van der Waals surface area contributed by atoms with Crippen LogP contribution in [0.5, 0.6) is 17.2 Å². The van der Waals surface area contributed by atoms with Crippen molar-refractivity contribution in [2.45, 2.75) is 25.6 Å². The van der Waals surface area contributed by atoms with Crippen molar-refractivity contribution in [1.29, 1.82) is 0 Å². The zero-order chi connectivity index (χ0) is 23.1. The van der Waals surface area contributed by atoms with E-state index >= 15 is 0 Å². The van der Waals surface area contributed by atoms with Crippen LogP contribution in [0.4, 0.5) is 10.1 Å². The Morgan fingerprint density at radius 2 is 1.74 bits per heavy atom. The minimum atomic E-state index is -0.216. The average molecular weight is 462 g/mol. The second-order valence-electron chi connectivity index (χ2n) is 8.98. The van der Waals surface area contributed by atoms with E-state index in [9.17, 15) is 4.39 Å². The van der Waals surface area contributed by atoms with Gasteiger partial charge in [-0.15, -0.1) is 0 Å². The number of benzene rings is 3. The Kier molecular flexibility index (Phi) is 5.51. The lowest BCUT2D eigenvalue weighted by molar-refractivity contribution is 0.171. The van der Waals surface area contributed by atoms with Crippen LogP contribution in [0.15, 0.2) is 60.7 Å². The first-order valence-electron chi connectivity index (χ1n) is 11.9. The normalized spacial score (nSPS) is 22.8. The third kappa shape index (κ3) is 3.85. The number of halogens is 1. The summed E-state index contributed by atoms with van der Waals surface area (Å²) in [4.78, 5) is 2.33. The highest BCUT2D eigenvalue weighted by Crippen LogP contribution is 2.49. The maximum Gasteiger partial charge on any atom is 0.163 e. The number of hydrogen-bond acceptors (Lipinski definition) is 6. The van der Waals surface area contributed by atoms with Crippen molar-refractivity contribution in [2.24, 2.45) is 5.92 Å². The molecule has 1 saturated heterocycles. The fraction of sp³-hybridized carbons (Fsp3) is 0.333. The molecule has 3 aliphatic heterocycles. The SMILES string of the molecule is CCOc1ccc(C2NNC3c4cc5c(cc4N(Cc4cccc(F)c4)CC23)OCCO5)cc1. The number of hydrogen-bond donors (Lipinski definition) is 2. The third-order valence-electron chi connectivity index (χ3n) is 6.86.